The van der Waals surface area contributed by atoms with Gasteiger partial charge in [-0.05, 0) is 43.5 Å². The van der Waals surface area contributed by atoms with Gasteiger partial charge in [0.05, 0.1) is 30.6 Å². The zero-order chi connectivity index (χ0) is 22.1. The second-order valence-electron chi connectivity index (χ2n) is 6.55. The van der Waals surface area contributed by atoms with Gasteiger partial charge in [0, 0.05) is 6.07 Å². The molecule has 0 unspecified atom stereocenters. The number of hydrogen-bond acceptors (Lipinski definition) is 6. The van der Waals surface area contributed by atoms with Crippen molar-refractivity contribution in [2.75, 3.05) is 19.5 Å². The monoisotopic (exact) mass is 431 g/mol. The topological polar surface area (TPSA) is 92.5 Å². The fourth-order valence-corrected chi connectivity index (χ4v) is 2.88. The number of halogens is 1. The summed E-state index contributed by atoms with van der Waals surface area (Å²) in [6.45, 7) is 3.51. The molecule has 8 heteroatoms. The van der Waals surface area contributed by atoms with Gasteiger partial charge in [-0.25, -0.2) is 0 Å². The summed E-state index contributed by atoms with van der Waals surface area (Å²) < 4.78 is 10.4. The fourth-order valence-electron chi connectivity index (χ4n) is 2.64. The lowest BCUT2D eigenvalue weighted by molar-refractivity contribution is -0.113. The number of allylic oxidation sites excluding steroid dienone is 1. The van der Waals surface area contributed by atoms with Crippen LogP contribution in [-0.4, -0.2) is 25.2 Å². The number of benzene rings is 2. The quantitative estimate of drug-likeness (QED) is 0.280. The number of anilines is 1. The lowest BCUT2D eigenvalue weighted by atomic mass is 10.1. The van der Waals surface area contributed by atoms with Crippen LogP contribution in [0, 0.1) is 0 Å². The van der Waals surface area contributed by atoms with E-state index in [2.05, 4.69) is 22.5 Å². The molecule has 30 heavy (non-hydrogen) atoms. The summed E-state index contributed by atoms with van der Waals surface area (Å²) in [6, 6.07) is 10.6. The highest BCUT2D eigenvalue weighted by Crippen LogP contribution is 2.36. The van der Waals surface area contributed by atoms with Gasteiger partial charge in [0.25, 0.3) is 5.91 Å². The van der Waals surface area contributed by atoms with E-state index >= 15 is 0 Å². The molecule has 0 saturated carbocycles. The molecule has 0 saturated heterocycles. The summed E-state index contributed by atoms with van der Waals surface area (Å²) in [4.78, 5) is 12.7. The third-order valence-corrected chi connectivity index (χ3v) is 4.60. The number of azo groups is 1. The van der Waals surface area contributed by atoms with Crippen LogP contribution in [0.1, 0.15) is 32.3 Å². The van der Waals surface area contributed by atoms with Crippen molar-refractivity contribution in [2.24, 2.45) is 10.2 Å². The number of amides is 1. The number of hydrogen-bond donors (Lipinski definition) is 2. The van der Waals surface area contributed by atoms with Crippen LogP contribution in [0.3, 0.4) is 0 Å². The summed E-state index contributed by atoms with van der Waals surface area (Å²) in [5.74, 6) is -0.172. The Kier molecular flexibility index (Phi) is 8.68. The number of nitrogens with one attached hydrogen (secondary N) is 1. The first-order valence-electron chi connectivity index (χ1n) is 9.53. The molecular formula is C22H26ClN3O4. The van der Waals surface area contributed by atoms with Crippen LogP contribution in [0.25, 0.3) is 0 Å². The van der Waals surface area contributed by atoms with E-state index in [0.717, 1.165) is 19.3 Å². The zero-order valence-corrected chi connectivity index (χ0v) is 18.3. The molecule has 160 valence electrons. The number of carbonyl (C=O) groups is 1. The van der Waals surface area contributed by atoms with Crippen LogP contribution in [0.5, 0.6) is 11.5 Å². The summed E-state index contributed by atoms with van der Waals surface area (Å²) >= 11 is 6.13. The molecule has 0 heterocycles. The SMILES string of the molecule is CCCCc1ccc(N=NC(C(=O)Nc2cc(Cl)c(OC)cc2OC)=C(C)O)cc1. The fraction of sp³-hybridized carbons (Fsp3) is 0.318. The maximum absolute atomic E-state index is 12.7. The summed E-state index contributed by atoms with van der Waals surface area (Å²) in [7, 11) is 2.93. The third kappa shape index (κ3) is 6.22. The largest absolute Gasteiger partial charge is 0.510 e. The van der Waals surface area contributed by atoms with Crippen LogP contribution in [-0.2, 0) is 11.2 Å². The predicted octanol–water partition coefficient (Wildman–Crippen LogP) is 6.21. The van der Waals surface area contributed by atoms with Crippen LogP contribution < -0.4 is 14.8 Å². The molecule has 0 bridgehead atoms. The molecule has 0 atom stereocenters. The molecule has 0 fully saturated rings. The van der Waals surface area contributed by atoms with E-state index in [1.165, 1.54) is 32.8 Å². The van der Waals surface area contributed by atoms with Gasteiger partial charge in [0.15, 0.2) is 5.70 Å². The smallest absolute Gasteiger partial charge is 0.279 e. The Labute approximate surface area is 181 Å². The van der Waals surface area contributed by atoms with Gasteiger partial charge in [0.1, 0.15) is 17.3 Å². The van der Waals surface area contributed by atoms with Crippen molar-refractivity contribution in [3.05, 3.63) is 58.4 Å². The van der Waals surface area contributed by atoms with Crippen molar-refractivity contribution < 1.29 is 19.4 Å². The minimum Gasteiger partial charge on any atom is -0.510 e. The van der Waals surface area contributed by atoms with Crippen molar-refractivity contribution in [1.29, 1.82) is 0 Å². The van der Waals surface area contributed by atoms with E-state index in [9.17, 15) is 9.90 Å². The average Bonchev–Trinajstić information content (AvgIpc) is 2.73. The first-order valence-corrected chi connectivity index (χ1v) is 9.90. The molecule has 7 nitrogen and oxygen atoms in total. The molecule has 0 aliphatic carbocycles. The molecule has 2 aromatic carbocycles. The molecule has 0 aliphatic rings. The molecule has 2 N–H and O–H groups in total. The second kappa shape index (κ2) is 11.2. The van der Waals surface area contributed by atoms with Crippen LogP contribution in [0.2, 0.25) is 5.02 Å². The average molecular weight is 432 g/mol. The Morgan fingerprint density at radius 2 is 1.80 bits per heavy atom. The van der Waals surface area contributed by atoms with Crippen molar-refractivity contribution in [2.45, 2.75) is 33.1 Å². The Balaban J connectivity index is 2.19. The van der Waals surface area contributed by atoms with Crippen LogP contribution in [0.4, 0.5) is 11.4 Å². The highest BCUT2D eigenvalue weighted by molar-refractivity contribution is 6.32. The van der Waals surface area contributed by atoms with Crippen LogP contribution in [0.15, 0.2) is 58.1 Å². The number of aliphatic hydroxyl groups is 1. The van der Waals surface area contributed by atoms with E-state index in [1.54, 1.807) is 6.07 Å². The van der Waals surface area contributed by atoms with Gasteiger partial charge in [-0.15, -0.1) is 5.11 Å². The third-order valence-electron chi connectivity index (χ3n) is 4.30. The maximum Gasteiger partial charge on any atom is 0.279 e. The standard InChI is InChI=1S/C22H26ClN3O4/c1-5-6-7-15-8-10-16(11-9-15)25-26-21(14(2)27)22(28)24-18-12-17(23)19(29-3)13-20(18)30-4/h8-13,27H,5-7H2,1-4H3,(H,24,28). The lowest BCUT2D eigenvalue weighted by Crippen LogP contribution is -2.15. The Bertz CT molecular complexity index is 936. The molecule has 0 radical (unpaired) electrons. The number of methoxy groups -OCH3 is 2. The van der Waals surface area contributed by atoms with Crippen molar-refractivity contribution >= 4 is 28.9 Å². The van der Waals surface area contributed by atoms with E-state index in [-0.39, 0.29) is 11.5 Å². The molecule has 0 aromatic heterocycles. The minimum atomic E-state index is -0.655. The molecule has 0 spiro atoms. The van der Waals surface area contributed by atoms with Gasteiger partial charge in [-0.3, -0.25) is 4.79 Å². The second-order valence-corrected chi connectivity index (χ2v) is 6.95. The maximum atomic E-state index is 12.7. The van der Waals surface area contributed by atoms with Gasteiger partial charge in [0.2, 0.25) is 0 Å². The minimum absolute atomic E-state index is 0.223. The Morgan fingerprint density at radius 3 is 2.37 bits per heavy atom. The highest BCUT2D eigenvalue weighted by atomic mass is 35.5. The Morgan fingerprint density at radius 1 is 1.13 bits per heavy atom. The Hall–Kier alpha value is -3.06. The number of aryl methyl sites for hydroxylation is 1. The number of aliphatic hydroxyl groups excluding tert-OH is 1. The van der Waals surface area contributed by atoms with Gasteiger partial charge < -0.3 is 19.9 Å². The van der Waals surface area contributed by atoms with E-state index < -0.39 is 5.91 Å². The number of nitrogens with zero attached hydrogens (tertiary/aromatic N) is 2. The summed E-state index contributed by atoms with van der Waals surface area (Å²) in [5.41, 5.74) is 1.87. The van der Waals surface area contributed by atoms with Crippen molar-refractivity contribution in [3.8, 4) is 11.5 Å². The predicted molar refractivity (Wildman–Crippen MR) is 118 cm³/mol. The van der Waals surface area contributed by atoms with E-state index in [4.69, 9.17) is 21.1 Å². The highest BCUT2D eigenvalue weighted by Gasteiger charge is 2.17. The number of rotatable bonds is 9. The zero-order valence-electron chi connectivity index (χ0n) is 17.5. The van der Waals surface area contributed by atoms with Gasteiger partial charge >= 0.3 is 0 Å². The van der Waals surface area contributed by atoms with E-state index in [0.29, 0.717) is 27.9 Å². The lowest BCUT2D eigenvalue weighted by Gasteiger charge is -2.13. The number of unbranched alkanes of at least 4 members (excludes halogenated alkanes) is 1. The molecule has 1 amide bonds. The number of ether oxygens (including phenoxy) is 2. The molecule has 0 aliphatic heterocycles. The first-order chi connectivity index (χ1) is 14.4. The summed E-state index contributed by atoms with van der Waals surface area (Å²) in [5, 5.41) is 20.9. The number of carbonyl (C=O) groups excluding carboxylic acids is 1. The molecule has 2 aromatic rings. The molecular weight excluding hydrogens is 406 g/mol. The summed E-state index contributed by atoms with van der Waals surface area (Å²) in [6.07, 6.45) is 3.25. The van der Waals surface area contributed by atoms with Crippen LogP contribution >= 0.6 is 11.6 Å². The van der Waals surface area contributed by atoms with Gasteiger partial charge in [-0.2, -0.15) is 5.11 Å². The van der Waals surface area contributed by atoms with E-state index in [1.807, 2.05) is 24.3 Å². The van der Waals surface area contributed by atoms with Gasteiger partial charge in [-0.1, -0.05) is 37.1 Å². The van der Waals surface area contributed by atoms with Crippen molar-refractivity contribution in [3.63, 3.8) is 0 Å². The molecule has 2 rings (SSSR count). The normalized spacial score (nSPS) is 11.9. The first kappa shape index (κ1) is 23.2. The van der Waals surface area contributed by atoms with Crippen molar-refractivity contribution in [1.82, 2.24) is 0 Å².